The highest BCUT2D eigenvalue weighted by Gasteiger charge is 2.36. The maximum atomic E-state index is 11.3. The zero-order chi connectivity index (χ0) is 10.0. The monoisotopic (exact) mass is 196 g/mol. The van der Waals surface area contributed by atoms with E-state index >= 15 is 0 Å². The molecule has 2 aliphatic carbocycles. The zero-order valence-corrected chi connectivity index (χ0v) is 8.94. The van der Waals surface area contributed by atoms with Crippen LogP contribution in [0.5, 0.6) is 0 Å². The van der Waals surface area contributed by atoms with Crippen molar-refractivity contribution in [2.75, 3.05) is 13.1 Å². The molecule has 1 amide bonds. The average Bonchev–Trinajstić information content (AvgIpc) is 3.00. The summed E-state index contributed by atoms with van der Waals surface area (Å²) in [5.41, 5.74) is 0.549. The Morgan fingerprint density at radius 2 is 2.14 bits per heavy atom. The molecule has 0 aromatic carbocycles. The van der Waals surface area contributed by atoms with E-state index in [1.807, 2.05) is 0 Å². The molecule has 14 heavy (non-hydrogen) atoms. The number of rotatable bonds is 6. The van der Waals surface area contributed by atoms with E-state index in [-0.39, 0.29) is 5.91 Å². The van der Waals surface area contributed by atoms with Gasteiger partial charge in [0.05, 0.1) is 0 Å². The second-order valence-electron chi connectivity index (χ2n) is 5.08. The van der Waals surface area contributed by atoms with Crippen LogP contribution in [-0.4, -0.2) is 25.0 Å². The molecule has 0 atom stereocenters. The second-order valence-corrected chi connectivity index (χ2v) is 5.08. The normalized spacial score (nSPS) is 23.2. The minimum Gasteiger partial charge on any atom is -0.353 e. The molecule has 2 saturated carbocycles. The Bertz CT molecular complexity index is 219. The molecule has 0 radical (unpaired) electrons. The van der Waals surface area contributed by atoms with Crippen molar-refractivity contribution in [2.45, 2.75) is 45.1 Å². The predicted molar refractivity (Wildman–Crippen MR) is 56.0 cm³/mol. The molecule has 2 N–H and O–H groups in total. The standard InChI is InChI=1S/C11H20N2O/c1-11(5-6-11)8-12-7-4-10(14)13-9-2-3-9/h9,12H,2-8H2,1H3,(H,13,14). The highest BCUT2D eigenvalue weighted by molar-refractivity contribution is 5.76. The maximum Gasteiger partial charge on any atom is 0.221 e. The molecule has 0 spiro atoms. The van der Waals surface area contributed by atoms with Gasteiger partial charge < -0.3 is 10.6 Å². The molecule has 0 aliphatic heterocycles. The molecule has 3 nitrogen and oxygen atoms in total. The Hall–Kier alpha value is -0.570. The lowest BCUT2D eigenvalue weighted by atomic mass is 10.1. The summed E-state index contributed by atoms with van der Waals surface area (Å²) < 4.78 is 0. The summed E-state index contributed by atoms with van der Waals surface area (Å²) in [5, 5.41) is 6.34. The number of carbonyl (C=O) groups is 1. The third-order valence-electron chi connectivity index (χ3n) is 3.13. The summed E-state index contributed by atoms with van der Waals surface area (Å²) in [7, 11) is 0. The summed E-state index contributed by atoms with van der Waals surface area (Å²) in [4.78, 5) is 11.3. The number of nitrogens with one attached hydrogen (secondary N) is 2. The summed E-state index contributed by atoms with van der Waals surface area (Å²) >= 11 is 0. The molecule has 2 aliphatic rings. The van der Waals surface area contributed by atoms with E-state index in [0.717, 1.165) is 13.1 Å². The van der Waals surface area contributed by atoms with Gasteiger partial charge in [0.15, 0.2) is 0 Å². The summed E-state index contributed by atoms with van der Waals surface area (Å²) in [6.45, 7) is 4.20. The van der Waals surface area contributed by atoms with E-state index in [9.17, 15) is 4.79 Å². The van der Waals surface area contributed by atoms with E-state index in [4.69, 9.17) is 0 Å². The first-order chi connectivity index (χ1) is 6.68. The van der Waals surface area contributed by atoms with Crippen molar-refractivity contribution in [1.29, 1.82) is 0 Å². The fourth-order valence-electron chi connectivity index (χ4n) is 1.51. The summed E-state index contributed by atoms with van der Waals surface area (Å²) in [6.07, 6.45) is 5.67. The van der Waals surface area contributed by atoms with Gasteiger partial charge in [-0.2, -0.15) is 0 Å². The van der Waals surface area contributed by atoms with E-state index < -0.39 is 0 Å². The molecule has 0 saturated heterocycles. The van der Waals surface area contributed by atoms with Crippen LogP contribution in [0.4, 0.5) is 0 Å². The van der Waals surface area contributed by atoms with Gasteiger partial charge in [0.2, 0.25) is 5.91 Å². The Kier molecular flexibility index (Phi) is 2.77. The molecule has 2 fully saturated rings. The van der Waals surface area contributed by atoms with Crippen molar-refractivity contribution in [3.63, 3.8) is 0 Å². The van der Waals surface area contributed by atoms with Crippen molar-refractivity contribution in [2.24, 2.45) is 5.41 Å². The molecule has 0 heterocycles. The lowest BCUT2D eigenvalue weighted by Gasteiger charge is -2.09. The van der Waals surface area contributed by atoms with Gasteiger partial charge in [-0.05, 0) is 31.1 Å². The van der Waals surface area contributed by atoms with Crippen molar-refractivity contribution in [3.8, 4) is 0 Å². The van der Waals surface area contributed by atoms with Crippen LogP contribution in [0, 0.1) is 5.41 Å². The topological polar surface area (TPSA) is 41.1 Å². The smallest absolute Gasteiger partial charge is 0.221 e. The zero-order valence-electron chi connectivity index (χ0n) is 8.94. The minimum atomic E-state index is 0.209. The Morgan fingerprint density at radius 1 is 1.43 bits per heavy atom. The van der Waals surface area contributed by atoms with E-state index in [2.05, 4.69) is 17.6 Å². The first-order valence-corrected chi connectivity index (χ1v) is 5.68. The minimum absolute atomic E-state index is 0.209. The van der Waals surface area contributed by atoms with Gasteiger partial charge in [0.25, 0.3) is 0 Å². The SMILES string of the molecule is CC1(CNCCC(=O)NC2CC2)CC1. The van der Waals surface area contributed by atoms with E-state index in [0.29, 0.717) is 17.9 Å². The molecule has 80 valence electrons. The number of hydrogen-bond donors (Lipinski definition) is 2. The van der Waals surface area contributed by atoms with Gasteiger partial charge in [0.1, 0.15) is 0 Å². The predicted octanol–water partition coefficient (Wildman–Crippen LogP) is 1.04. The average molecular weight is 196 g/mol. The number of amides is 1. The molecule has 0 aromatic rings. The Balaban J connectivity index is 1.47. The molecule has 0 bridgehead atoms. The van der Waals surface area contributed by atoms with Gasteiger partial charge in [-0.15, -0.1) is 0 Å². The molecule has 2 rings (SSSR count). The van der Waals surface area contributed by atoms with Crippen LogP contribution in [0.1, 0.15) is 39.0 Å². The lowest BCUT2D eigenvalue weighted by Crippen LogP contribution is -2.30. The molecule has 0 aromatic heterocycles. The van der Waals surface area contributed by atoms with Crippen LogP contribution in [0.2, 0.25) is 0 Å². The van der Waals surface area contributed by atoms with Crippen LogP contribution >= 0.6 is 0 Å². The molecular weight excluding hydrogens is 176 g/mol. The maximum absolute atomic E-state index is 11.3. The van der Waals surface area contributed by atoms with Crippen LogP contribution in [0.15, 0.2) is 0 Å². The van der Waals surface area contributed by atoms with Crippen LogP contribution < -0.4 is 10.6 Å². The fraction of sp³-hybridized carbons (Fsp3) is 0.909. The van der Waals surface area contributed by atoms with Crippen LogP contribution in [0.25, 0.3) is 0 Å². The highest BCUT2D eigenvalue weighted by atomic mass is 16.1. The first kappa shape index (κ1) is 9.97. The molecular formula is C11H20N2O. The van der Waals surface area contributed by atoms with Crippen molar-refractivity contribution >= 4 is 5.91 Å². The third-order valence-corrected chi connectivity index (χ3v) is 3.13. The van der Waals surface area contributed by atoms with Crippen molar-refractivity contribution in [3.05, 3.63) is 0 Å². The number of carbonyl (C=O) groups excluding carboxylic acids is 1. The van der Waals surface area contributed by atoms with Crippen molar-refractivity contribution < 1.29 is 4.79 Å². The summed E-state index contributed by atoms with van der Waals surface area (Å²) in [6, 6.07) is 0.503. The van der Waals surface area contributed by atoms with Gasteiger partial charge in [-0.25, -0.2) is 0 Å². The van der Waals surface area contributed by atoms with Gasteiger partial charge >= 0.3 is 0 Å². The van der Waals surface area contributed by atoms with E-state index in [1.54, 1.807) is 0 Å². The van der Waals surface area contributed by atoms with Gasteiger partial charge in [0, 0.05) is 25.6 Å². The highest BCUT2D eigenvalue weighted by Crippen LogP contribution is 2.43. The lowest BCUT2D eigenvalue weighted by molar-refractivity contribution is -0.121. The molecule has 3 heteroatoms. The first-order valence-electron chi connectivity index (χ1n) is 5.68. The fourth-order valence-corrected chi connectivity index (χ4v) is 1.51. The Labute approximate surface area is 85.6 Å². The molecule has 0 unspecified atom stereocenters. The second kappa shape index (κ2) is 3.89. The Morgan fingerprint density at radius 3 is 2.71 bits per heavy atom. The van der Waals surface area contributed by atoms with Gasteiger partial charge in [-0.1, -0.05) is 6.92 Å². The summed E-state index contributed by atoms with van der Waals surface area (Å²) in [5.74, 6) is 0.209. The van der Waals surface area contributed by atoms with Crippen molar-refractivity contribution in [1.82, 2.24) is 10.6 Å². The van der Waals surface area contributed by atoms with E-state index in [1.165, 1.54) is 25.7 Å². The van der Waals surface area contributed by atoms with Crippen LogP contribution in [0.3, 0.4) is 0 Å². The largest absolute Gasteiger partial charge is 0.353 e. The van der Waals surface area contributed by atoms with Crippen LogP contribution in [-0.2, 0) is 4.79 Å². The quantitative estimate of drug-likeness (QED) is 0.623. The van der Waals surface area contributed by atoms with Gasteiger partial charge in [-0.3, -0.25) is 4.79 Å². The third kappa shape index (κ3) is 3.29. The number of hydrogen-bond acceptors (Lipinski definition) is 2.